The van der Waals surface area contributed by atoms with Crippen molar-refractivity contribution in [1.82, 2.24) is 14.8 Å². The summed E-state index contributed by atoms with van der Waals surface area (Å²) in [6.45, 7) is 7.34. The Morgan fingerprint density at radius 1 is 0.943 bits per heavy atom. The predicted octanol–water partition coefficient (Wildman–Crippen LogP) is 2.63. The van der Waals surface area contributed by atoms with Gasteiger partial charge in [0.1, 0.15) is 11.4 Å². The molecule has 0 aliphatic carbocycles. The van der Waals surface area contributed by atoms with E-state index < -0.39 is 5.97 Å². The number of ether oxygens (including phenoxy) is 2. The molecule has 188 valence electrons. The van der Waals surface area contributed by atoms with E-state index in [2.05, 4.69) is 9.88 Å². The molecule has 4 rings (SSSR count). The molecule has 2 aliphatic rings. The Morgan fingerprint density at radius 2 is 1.63 bits per heavy atom. The Bertz CT molecular complexity index is 1090. The summed E-state index contributed by atoms with van der Waals surface area (Å²) < 4.78 is 10.1. The molecule has 1 aromatic carbocycles. The number of likely N-dealkylation sites (tertiary alicyclic amines) is 1. The van der Waals surface area contributed by atoms with Crippen molar-refractivity contribution in [3.05, 3.63) is 46.8 Å². The number of aromatic amines is 1. The van der Waals surface area contributed by atoms with E-state index in [4.69, 9.17) is 9.47 Å². The molecule has 0 bridgehead atoms. The molecule has 2 amide bonds. The lowest BCUT2D eigenvalue weighted by Gasteiger charge is -2.39. The first kappa shape index (κ1) is 24.6. The number of rotatable bonds is 5. The molecule has 2 aromatic rings. The zero-order valence-electron chi connectivity index (χ0n) is 20.9. The number of methoxy groups -OCH3 is 2. The van der Waals surface area contributed by atoms with E-state index in [1.165, 1.54) is 7.11 Å². The highest BCUT2D eigenvalue weighted by Gasteiger charge is 2.34. The van der Waals surface area contributed by atoms with Gasteiger partial charge in [0.05, 0.1) is 25.7 Å². The maximum Gasteiger partial charge on any atom is 0.339 e. The number of carbonyl (C=O) groups is 3. The number of esters is 1. The largest absolute Gasteiger partial charge is 0.497 e. The zero-order valence-corrected chi connectivity index (χ0v) is 20.9. The average Bonchev–Trinajstić information content (AvgIpc) is 3.21. The monoisotopic (exact) mass is 482 g/mol. The van der Waals surface area contributed by atoms with E-state index in [-0.39, 0.29) is 17.7 Å². The minimum absolute atomic E-state index is 0.117. The van der Waals surface area contributed by atoms with Crippen LogP contribution >= 0.6 is 0 Å². The van der Waals surface area contributed by atoms with Gasteiger partial charge in [-0.1, -0.05) is 0 Å². The summed E-state index contributed by atoms with van der Waals surface area (Å²) in [5.74, 6) is 0.0896. The molecule has 1 aromatic heterocycles. The maximum absolute atomic E-state index is 13.3. The fraction of sp³-hybridized carbons (Fsp3) is 0.500. The third kappa shape index (κ3) is 4.99. The van der Waals surface area contributed by atoms with E-state index in [0.717, 1.165) is 37.4 Å². The number of nitrogens with zero attached hydrogens (tertiary/aromatic N) is 3. The summed E-state index contributed by atoms with van der Waals surface area (Å²) in [4.78, 5) is 47.7. The van der Waals surface area contributed by atoms with Crippen LogP contribution in [0.1, 0.15) is 44.9 Å². The van der Waals surface area contributed by atoms with Crippen LogP contribution in [0.4, 0.5) is 5.69 Å². The number of carbonyl (C=O) groups excluding carboxylic acids is 3. The standard InChI is InChI=1S/C26H34N4O5/c1-17-22(26(33)35-4)18(2)27-23(17)25(32)30-11-5-6-19(16-30)24(31)29-14-12-28(13-15-29)20-7-9-21(34-3)10-8-20/h7-10,19,27H,5-6,11-16H2,1-4H3/t19-/m0/s1. The third-order valence-corrected chi connectivity index (χ3v) is 7.13. The summed E-state index contributed by atoms with van der Waals surface area (Å²) >= 11 is 0. The van der Waals surface area contributed by atoms with E-state index in [1.807, 2.05) is 29.2 Å². The fourth-order valence-corrected chi connectivity index (χ4v) is 5.13. The summed E-state index contributed by atoms with van der Waals surface area (Å²) in [5, 5.41) is 0. The Labute approximate surface area is 206 Å². The van der Waals surface area contributed by atoms with Crippen LogP contribution in [0.3, 0.4) is 0 Å². The number of nitrogens with one attached hydrogen (secondary N) is 1. The summed E-state index contributed by atoms with van der Waals surface area (Å²) in [6, 6.07) is 7.97. The second-order valence-electron chi connectivity index (χ2n) is 9.22. The Hall–Kier alpha value is -3.49. The lowest BCUT2D eigenvalue weighted by Crippen LogP contribution is -2.53. The van der Waals surface area contributed by atoms with Gasteiger partial charge in [0, 0.05) is 50.6 Å². The van der Waals surface area contributed by atoms with Crippen molar-refractivity contribution in [3.8, 4) is 5.75 Å². The number of aromatic nitrogens is 1. The normalized spacial score (nSPS) is 18.4. The molecule has 0 unspecified atom stereocenters. The molecule has 2 saturated heterocycles. The van der Waals surface area contributed by atoms with Crippen molar-refractivity contribution in [2.45, 2.75) is 26.7 Å². The van der Waals surface area contributed by atoms with Crippen molar-refractivity contribution in [2.75, 3.05) is 58.4 Å². The number of amides is 2. The number of benzene rings is 1. The van der Waals surface area contributed by atoms with Gasteiger partial charge in [-0.25, -0.2) is 4.79 Å². The van der Waals surface area contributed by atoms with Gasteiger partial charge in [0.25, 0.3) is 5.91 Å². The molecule has 0 saturated carbocycles. The first-order chi connectivity index (χ1) is 16.8. The third-order valence-electron chi connectivity index (χ3n) is 7.13. The van der Waals surface area contributed by atoms with Gasteiger partial charge in [0.15, 0.2) is 0 Å². The van der Waals surface area contributed by atoms with Gasteiger partial charge in [0.2, 0.25) is 5.91 Å². The van der Waals surface area contributed by atoms with Gasteiger partial charge in [-0.3, -0.25) is 9.59 Å². The molecule has 2 aliphatic heterocycles. The molecule has 0 radical (unpaired) electrons. The first-order valence-corrected chi connectivity index (χ1v) is 12.1. The number of piperidine rings is 1. The van der Waals surface area contributed by atoms with Crippen molar-refractivity contribution in [2.24, 2.45) is 5.92 Å². The Balaban J connectivity index is 1.37. The predicted molar refractivity (Wildman–Crippen MR) is 132 cm³/mol. The van der Waals surface area contributed by atoms with Crippen LogP contribution in [0.2, 0.25) is 0 Å². The maximum atomic E-state index is 13.3. The van der Waals surface area contributed by atoms with E-state index in [1.54, 1.807) is 25.9 Å². The van der Waals surface area contributed by atoms with Crippen molar-refractivity contribution >= 4 is 23.5 Å². The number of hydrogen-bond acceptors (Lipinski definition) is 6. The quantitative estimate of drug-likeness (QED) is 0.659. The zero-order chi connectivity index (χ0) is 25.1. The highest BCUT2D eigenvalue weighted by molar-refractivity contribution is 6.00. The Kier molecular flexibility index (Phi) is 7.33. The fourth-order valence-electron chi connectivity index (χ4n) is 5.13. The lowest BCUT2D eigenvalue weighted by atomic mass is 9.95. The molecule has 2 fully saturated rings. The number of piperazine rings is 1. The first-order valence-electron chi connectivity index (χ1n) is 12.1. The van der Waals surface area contributed by atoms with Crippen LogP contribution in [-0.2, 0) is 9.53 Å². The van der Waals surface area contributed by atoms with Crippen LogP contribution < -0.4 is 9.64 Å². The number of hydrogen-bond donors (Lipinski definition) is 1. The molecule has 0 spiro atoms. The second kappa shape index (κ2) is 10.4. The molecule has 9 nitrogen and oxygen atoms in total. The van der Waals surface area contributed by atoms with E-state index >= 15 is 0 Å². The van der Waals surface area contributed by atoms with Crippen LogP contribution in [-0.4, -0.2) is 86.1 Å². The number of H-pyrrole nitrogens is 1. The highest BCUT2D eigenvalue weighted by Crippen LogP contribution is 2.26. The number of anilines is 1. The molecule has 3 heterocycles. The van der Waals surface area contributed by atoms with Gasteiger partial charge in [-0.05, 0) is 56.5 Å². The molecule has 9 heteroatoms. The average molecular weight is 483 g/mol. The van der Waals surface area contributed by atoms with Gasteiger partial charge in [-0.15, -0.1) is 0 Å². The van der Waals surface area contributed by atoms with E-state index in [0.29, 0.717) is 48.7 Å². The van der Waals surface area contributed by atoms with Crippen LogP contribution in [0.5, 0.6) is 5.75 Å². The van der Waals surface area contributed by atoms with Crippen molar-refractivity contribution in [3.63, 3.8) is 0 Å². The lowest BCUT2D eigenvalue weighted by molar-refractivity contribution is -0.137. The number of aryl methyl sites for hydroxylation is 1. The summed E-state index contributed by atoms with van der Waals surface area (Å²) in [5.41, 5.74) is 3.11. The van der Waals surface area contributed by atoms with Gasteiger partial charge >= 0.3 is 5.97 Å². The molecule has 35 heavy (non-hydrogen) atoms. The summed E-state index contributed by atoms with van der Waals surface area (Å²) in [6.07, 6.45) is 1.55. The van der Waals surface area contributed by atoms with Gasteiger partial charge < -0.3 is 29.2 Å². The Morgan fingerprint density at radius 3 is 2.26 bits per heavy atom. The smallest absolute Gasteiger partial charge is 0.339 e. The minimum atomic E-state index is -0.462. The molecular formula is C26H34N4O5. The molecule has 1 atom stereocenters. The van der Waals surface area contributed by atoms with Gasteiger partial charge in [-0.2, -0.15) is 0 Å². The SMILES string of the molecule is COC(=O)c1c(C)[nH]c(C(=O)N2CCC[C@H](C(=O)N3CCN(c4ccc(OC)cc4)CC3)C2)c1C. The second-order valence-corrected chi connectivity index (χ2v) is 9.22. The highest BCUT2D eigenvalue weighted by atomic mass is 16.5. The van der Waals surface area contributed by atoms with Crippen molar-refractivity contribution in [1.29, 1.82) is 0 Å². The molecule has 1 N–H and O–H groups in total. The van der Waals surface area contributed by atoms with Crippen LogP contribution in [0, 0.1) is 19.8 Å². The van der Waals surface area contributed by atoms with E-state index in [9.17, 15) is 14.4 Å². The van der Waals surface area contributed by atoms with Crippen LogP contribution in [0.15, 0.2) is 24.3 Å². The minimum Gasteiger partial charge on any atom is -0.497 e. The molecular weight excluding hydrogens is 448 g/mol. The summed E-state index contributed by atoms with van der Waals surface area (Å²) in [7, 11) is 2.98. The topological polar surface area (TPSA) is 95.2 Å². The van der Waals surface area contributed by atoms with Crippen molar-refractivity contribution < 1.29 is 23.9 Å². The van der Waals surface area contributed by atoms with Crippen LogP contribution in [0.25, 0.3) is 0 Å².